The Balaban J connectivity index is 2.56. The largest absolute Gasteiger partial charge is 0.480 e. The van der Waals surface area contributed by atoms with Crippen LogP contribution in [0.15, 0.2) is 30.3 Å². The summed E-state index contributed by atoms with van der Waals surface area (Å²) in [4.78, 5) is 35.8. The molecule has 0 aliphatic heterocycles. The third kappa shape index (κ3) is 8.38. The van der Waals surface area contributed by atoms with Gasteiger partial charge in [-0.25, -0.2) is 4.79 Å². The lowest BCUT2D eigenvalue weighted by Gasteiger charge is -2.20. The van der Waals surface area contributed by atoms with Gasteiger partial charge in [-0.3, -0.25) is 9.59 Å². The van der Waals surface area contributed by atoms with E-state index in [4.69, 9.17) is 0 Å². The number of hydrogen-bond acceptors (Lipinski definition) is 4. The molecule has 1 aromatic rings. The maximum Gasteiger partial charge on any atom is 0.326 e. The van der Waals surface area contributed by atoms with Crippen molar-refractivity contribution in [3.8, 4) is 0 Å². The van der Waals surface area contributed by atoms with Gasteiger partial charge in [-0.2, -0.15) is 12.6 Å². The van der Waals surface area contributed by atoms with Crippen LogP contribution in [0.2, 0.25) is 0 Å². The Kier molecular flexibility index (Phi) is 10.5. The van der Waals surface area contributed by atoms with Crippen LogP contribution in [-0.4, -0.2) is 40.7 Å². The SMILES string of the molecule is CCCCCCC(=O)N[C@@H](CS)C(=O)N[C@@H](Cc1ccccc1)C(=O)O. The van der Waals surface area contributed by atoms with Crippen LogP contribution < -0.4 is 10.6 Å². The van der Waals surface area contributed by atoms with E-state index in [1.54, 1.807) is 12.1 Å². The van der Waals surface area contributed by atoms with Crippen molar-refractivity contribution in [1.82, 2.24) is 10.6 Å². The number of aliphatic carboxylic acids is 1. The van der Waals surface area contributed by atoms with Crippen molar-refractivity contribution in [1.29, 1.82) is 0 Å². The molecule has 6 nitrogen and oxygen atoms in total. The van der Waals surface area contributed by atoms with Crippen LogP contribution in [0.3, 0.4) is 0 Å². The highest BCUT2D eigenvalue weighted by atomic mass is 32.1. The molecule has 0 heterocycles. The van der Waals surface area contributed by atoms with E-state index in [1.807, 2.05) is 18.2 Å². The molecule has 0 radical (unpaired) electrons. The Morgan fingerprint density at radius 3 is 2.31 bits per heavy atom. The summed E-state index contributed by atoms with van der Waals surface area (Å²) in [5.74, 6) is -1.77. The molecule has 1 aromatic carbocycles. The second-order valence-corrected chi connectivity index (χ2v) is 6.57. The van der Waals surface area contributed by atoms with E-state index < -0.39 is 24.0 Å². The number of benzene rings is 1. The van der Waals surface area contributed by atoms with Gasteiger partial charge in [0.25, 0.3) is 0 Å². The molecule has 3 N–H and O–H groups in total. The highest BCUT2D eigenvalue weighted by Gasteiger charge is 2.25. The van der Waals surface area contributed by atoms with Crippen molar-refractivity contribution < 1.29 is 19.5 Å². The van der Waals surface area contributed by atoms with Crippen LogP contribution in [0.25, 0.3) is 0 Å². The summed E-state index contributed by atoms with van der Waals surface area (Å²) in [7, 11) is 0. The van der Waals surface area contributed by atoms with E-state index in [-0.39, 0.29) is 18.1 Å². The highest BCUT2D eigenvalue weighted by Crippen LogP contribution is 2.05. The smallest absolute Gasteiger partial charge is 0.326 e. The number of hydrogen-bond donors (Lipinski definition) is 4. The zero-order valence-corrected chi connectivity index (χ0v) is 16.0. The zero-order valence-electron chi connectivity index (χ0n) is 15.1. The zero-order chi connectivity index (χ0) is 19.4. The lowest BCUT2D eigenvalue weighted by atomic mass is 10.1. The molecule has 2 amide bonds. The molecule has 0 fully saturated rings. The number of carbonyl (C=O) groups excluding carboxylic acids is 2. The normalized spacial score (nSPS) is 12.8. The molecule has 0 aliphatic carbocycles. The molecule has 1 rings (SSSR count). The van der Waals surface area contributed by atoms with Crippen LogP contribution in [0, 0.1) is 0 Å². The van der Waals surface area contributed by atoms with Gasteiger partial charge in [-0.15, -0.1) is 0 Å². The number of carboxylic acids is 1. The standard InChI is InChI=1S/C19H28N2O4S/c1-2-3-4-8-11-17(22)20-16(13-26)18(23)21-15(19(24)25)12-14-9-6-5-7-10-14/h5-7,9-10,15-16,26H,2-4,8,11-13H2,1H3,(H,20,22)(H,21,23)(H,24,25)/t15-,16-/m0/s1. The second-order valence-electron chi connectivity index (χ2n) is 6.20. The molecular formula is C19H28N2O4S. The number of amides is 2. The van der Waals surface area contributed by atoms with Gasteiger partial charge in [0.05, 0.1) is 0 Å². The molecule has 26 heavy (non-hydrogen) atoms. The Morgan fingerprint density at radius 1 is 1.04 bits per heavy atom. The minimum atomic E-state index is -1.12. The number of carbonyl (C=O) groups is 3. The van der Waals surface area contributed by atoms with Crippen LogP contribution >= 0.6 is 12.6 Å². The number of unbranched alkanes of at least 4 members (excludes halogenated alkanes) is 3. The molecule has 0 spiro atoms. The number of nitrogens with one attached hydrogen (secondary N) is 2. The summed E-state index contributed by atoms with van der Waals surface area (Å²) in [6.07, 6.45) is 4.42. The lowest BCUT2D eigenvalue weighted by Crippen LogP contribution is -2.53. The maximum atomic E-state index is 12.4. The van der Waals surface area contributed by atoms with Crippen molar-refractivity contribution in [2.24, 2.45) is 0 Å². The van der Waals surface area contributed by atoms with Crippen LogP contribution in [0.4, 0.5) is 0 Å². The summed E-state index contributed by atoms with van der Waals surface area (Å²) in [5.41, 5.74) is 0.808. The van der Waals surface area contributed by atoms with E-state index in [0.717, 1.165) is 31.2 Å². The number of thiol groups is 1. The van der Waals surface area contributed by atoms with Gasteiger partial charge in [0.2, 0.25) is 11.8 Å². The monoisotopic (exact) mass is 380 g/mol. The van der Waals surface area contributed by atoms with Gasteiger partial charge in [0.15, 0.2) is 0 Å². The first kappa shape index (κ1) is 22.0. The minimum Gasteiger partial charge on any atom is -0.480 e. The van der Waals surface area contributed by atoms with Crippen molar-refractivity contribution in [2.45, 2.75) is 57.5 Å². The highest BCUT2D eigenvalue weighted by molar-refractivity contribution is 7.80. The summed E-state index contributed by atoms with van der Waals surface area (Å²) in [6.45, 7) is 2.09. The summed E-state index contributed by atoms with van der Waals surface area (Å²) in [5, 5.41) is 14.5. The van der Waals surface area contributed by atoms with Crippen LogP contribution in [-0.2, 0) is 20.8 Å². The summed E-state index contributed by atoms with van der Waals surface area (Å²) in [6, 6.07) is 7.15. The maximum absolute atomic E-state index is 12.4. The minimum absolute atomic E-state index is 0.101. The first-order valence-electron chi connectivity index (χ1n) is 8.95. The van der Waals surface area contributed by atoms with Gasteiger partial charge < -0.3 is 15.7 Å². The van der Waals surface area contributed by atoms with Crippen LogP contribution in [0.1, 0.15) is 44.6 Å². The predicted octanol–water partition coefficient (Wildman–Crippen LogP) is 2.18. The van der Waals surface area contributed by atoms with E-state index >= 15 is 0 Å². The van der Waals surface area contributed by atoms with Gasteiger partial charge in [-0.1, -0.05) is 56.5 Å². The molecule has 0 saturated heterocycles. The Hall–Kier alpha value is -2.02. The third-order valence-electron chi connectivity index (χ3n) is 3.99. The molecule has 7 heteroatoms. The lowest BCUT2D eigenvalue weighted by molar-refractivity contribution is -0.142. The van der Waals surface area contributed by atoms with Crippen molar-refractivity contribution in [2.75, 3.05) is 5.75 Å². The van der Waals surface area contributed by atoms with Crippen molar-refractivity contribution >= 4 is 30.4 Å². The quantitative estimate of drug-likeness (QED) is 0.330. The first-order chi connectivity index (χ1) is 12.5. The van der Waals surface area contributed by atoms with Crippen molar-refractivity contribution in [3.05, 3.63) is 35.9 Å². The Labute approximate surface area is 160 Å². The van der Waals surface area contributed by atoms with E-state index in [9.17, 15) is 19.5 Å². The topological polar surface area (TPSA) is 95.5 Å². The van der Waals surface area contributed by atoms with Crippen LogP contribution in [0.5, 0.6) is 0 Å². The van der Waals surface area contributed by atoms with Gasteiger partial charge in [0.1, 0.15) is 12.1 Å². The number of carboxylic acid groups (broad SMARTS) is 1. The first-order valence-corrected chi connectivity index (χ1v) is 9.58. The Morgan fingerprint density at radius 2 is 1.73 bits per heavy atom. The fourth-order valence-corrected chi connectivity index (χ4v) is 2.75. The number of rotatable bonds is 12. The molecule has 0 aliphatic rings. The van der Waals surface area contributed by atoms with Crippen molar-refractivity contribution in [3.63, 3.8) is 0 Å². The second kappa shape index (κ2) is 12.4. The fourth-order valence-electron chi connectivity index (χ4n) is 2.50. The molecule has 0 aromatic heterocycles. The average molecular weight is 381 g/mol. The average Bonchev–Trinajstić information content (AvgIpc) is 2.63. The Bertz CT molecular complexity index is 580. The summed E-state index contributed by atoms with van der Waals surface area (Å²) < 4.78 is 0. The molecular weight excluding hydrogens is 352 g/mol. The van der Waals surface area contributed by atoms with E-state index in [1.165, 1.54) is 0 Å². The van der Waals surface area contributed by atoms with E-state index in [2.05, 4.69) is 30.2 Å². The van der Waals surface area contributed by atoms with E-state index in [0.29, 0.717) is 6.42 Å². The third-order valence-corrected chi connectivity index (χ3v) is 4.35. The molecule has 144 valence electrons. The van der Waals surface area contributed by atoms with Gasteiger partial charge in [-0.05, 0) is 12.0 Å². The predicted molar refractivity (Wildman–Crippen MR) is 104 cm³/mol. The van der Waals surface area contributed by atoms with Gasteiger partial charge in [0, 0.05) is 18.6 Å². The summed E-state index contributed by atoms with van der Waals surface area (Å²) >= 11 is 4.10. The molecule has 0 bridgehead atoms. The fraction of sp³-hybridized carbons (Fsp3) is 0.526. The molecule has 0 unspecified atom stereocenters. The molecule has 2 atom stereocenters. The molecule has 0 saturated carbocycles. The van der Waals surface area contributed by atoms with Gasteiger partial charge >= 0.3 is 5.97 Å².